The van der Waals surface area contributed by atoms with Crippen molar-refractivity contribution in [2.24, 2.45) is 0 Å². The second-order valence-corrected chi connectivity index (χ2v) is 5.63. The number of aliphatic hydroxyl groups is 1. The predicted molar refractivity (Wildman–Crippen MR) is 87.7 cm³/mol. The van der Waals surface area contributed by atoms with E-state index in [2.05, 4.69) is 43.0 Å². The fourth-order valence-electron chi connectivity index (χ4n) is 1.87. The van der Waals surface area contributed by atoms with E-state index in [9.17, 15) is 0 Å². The van der Waals surface area contributed by atoms with Gasteiger partial charge in [-0.3, -0.25) is 0 Å². The smallest absolute Gasteiger partial charge is 0.119 e. The Balaban J connectivity index is 2.18. The van der Waals surface area contributed by atoms with Gasteiger partial charge in [-0.25, -0.2) is 0 Å². The molecule has 2 rings (SSSR count). The number of ether oxygens (including phenoxy) is 1. The lowest BCUT2D eigenvalue weighted by Gasteiger charge is -2.08. The van der Waals surface area contributed by atoms with Crippen LogP contribution in [0.3, 0.4) is 0 Å². The molecular formula is C18H18O2S. The minimum absolute atomic E-state index is 0.128. The number of rotatable bonds is 4. The fraction of sp³-hybridized carbons (Fsp3) is 0.222. The molecule has 108 valence electrons. The first kappa shape index (κ1) is 15.5. The second kappa shape index (κ2) is 7.78. The number of aliphatic hydroxyl groups excluding tert-OH is 1. The maximum atomic E-state index is 8.85. The molecule has 0 amide bonds. The molecule has 0 spiro atoms. The minimum Gasteiger partial charge on any atom is -0.497 e. The van der Waals surface area contributed by atoms with Crippen molar-refractivity contribution in [2.45, 2.75) is 17.6 Å². The van der Waals surface area contributed by atoms with E-state index in [1.807, 2.05) is 18.2 Å². The van der Waals surface area contributed by atoms with Crippen LogP contribution in [0.15, 0.2) is 47.4 Å². The van der Waals surface area contributed by atoms with Gasteiger partial charge in [0, 0.05) is 16.2 Å². The Labute approximate surface area is 130 Å². The van der Waals surface area contributed by atoms with Crippen LogP contribution < -0.4 is 4.74 Å². The van der Waals surface area contributed by atoms with Crippen LogP contribution in [0.2, 0.25) is 0 Å². The average Bonchev–Trinajstić information content (AvgIpc) is 2.52. The number of hydrogen-bond donors (Lipinski definition) is 1. The summed E-state index contributed by atoms with van der Waals surface area (Å²) in [5, 5.41) is 8.85. The molecule has 21 heavy (non-hydrogen) atoms. The molecule has 0 aliphatic rings. The van der Waals surface area contributed by atoms with Crippen LogP contribution in [0.1, 0.15) is 16.7 Å². The summed E-state index contributed by atoms with van der Waals surface area (Å²) in [7, 11) is 1.66. The summed E-state index contributed by atoms with van der Waals surface area (Å²) in [6.45, 7) is 1.95. The van der Waals surface area contributed by atoms with Gasteiger partial charge in [-0.1, -0.05) is 29.5 Å². The van der Waals surface area contributed by atoms with Crippen LogP contribution in [0, 0.1) is 18.8 Å². The van der Waals surface area contributed by atoms with Crippen LogP contribution >= 0.6 is 11.8 Å². The summed E-state index contributed by atoms with van der Waals surface area (Å²) in [5.41, 5.74) is 3.31. The van der Waals surface area contributed by atoms with Crippen LogP contribution in [-0.2, 0) is 5.75 Å². The normalized spacial score (nSPS) is 9.86. The van der Waals surface area contributed by atoms with Crippen molar-refractivity contribution >= 4 is 11.8 Å². The number of aryl methyl sites for hydroxylation is 1. The van der Waals surface area contributed by atoms with Crippen molar-refractivity contribution in [3.63, 3.8) is 0 Å². The van der Waals surface area contributed by atoms with Crippen molar-refractivity contribution < 1.29 is 9.84 Å². The highest BCUT2D eigenvalue weighted by Crippen LogP contribution is 2.27. The molecule has 0 unspecified atom stereocenters. The standard InChI is InChI=1S/C18H18O2S/c1-14-5-9-18(10-6-14)21-13-16-12-17(20-2)8-7-15(16)4-3-11-19/h5-10,12,19H,11,13H2,1-2H3. The Kier molecular flexibility index (Phi) is 5.74. The molecule has 0 atom stereocenters. The molecule has 0 saturated heterocycles. The van der Waals surface area contributed by atoms with Gasteiger partial charge in [0.05, 0.1) is 7.11 Å². The van der Waals surface area contributed by atoms with E-state index < -0.39 is 0 Å². The van der Waals surface area contributed by atoms with E-state index in [1.165, 1.54) is 10.5 Å². The third kappa shape index (κ3) is 4.56. The minimum atomic E-state index is -0.128. The number of benzene rings is 2. The molecule has 0 radical (unpaired) electrons. The first-order chi connectivity index (χ1) is 10.2. The highest BCUT2D eigenvalue weighted by atomic mass is 32.2. The van der Waals surface area contributed by atoms with E-state index >= 15 is 0 Å². The molecule has 2 aromatic rings. The van der Waals surface area contributed by atoms with Crippen LogP contribution in [-0.4, -0.2) is 18.8 Å². The van der Waals surface area contributed by atoms with Gasteiger partial charge in [0.1, 0.15) is 12.4 Å². The third-order valence-corrected chi connectivity index (χ3v) is 4.09. The topological polar surface area (TPSA) is 29.5 Å². The maximum absolute atomic E-state index is 8.85. The lowest BCUT2D eigenvalue weighted by molar-refractivity contribution is 0.350. The van der Waals surface area contributed by atoms with E-state index in [4.69, 9.17) is 9.84 Å². The predicted octanol–water partition coefficient (Wildman–Crippen LogP) is 3.64. The molecule has 2 aromatic carbocycles. The quantitative estimate of drug-likeness (QED) is 0.690. The zero-order chi connectivity index (χ0) is 15.1. The summed E-state index contributed by atoms with van der Waals surface area (Å²) < 4.78 is 5.28. The van der Waals surface area contributed by atoms with E-state index in [0.29, 0.717) is 0 Å². The number of thioether (sulfide) groups is 1. The molecular weight excluding hydrogens is 280 g/mol. The van der Waals surface area contributed by atoms with Gasteiger partial charge in [0.25, 0.3) is 0 Å². The third-order valence-electron chi connectivity index (χ3n) is 3.03. The first-order valence-electron chi connectivity index (χ1n) is 6.69. The zero-order valence-corrected chi connectivity index (χ0v) is 13.0. The largest absolute Gasteiger partial charge is 0.497 e. The summed E-state index contributed by atoms with van der Waals surface area (Å²) in [6, 6.07) is 14.3. The van der Waals surface area contributed by atoms with Crippen molar-refractivity contribution in [1.82, 2.24) is 0 Å². The average molecular weight is 298 g/mol. The molecule has 0 saturated carbocycles. The van der Waals surface area contributed by atoms with Gasteiger partial charge < -0.3 is 9.84 Å². The fourth-order valence-corrected chi connectivity index (χ4v) is 2.76. The molecule has 0 aliphatic heterocycles. The monoisotopic (exact) mass is 298 g/mol. The summed E-state index contributed by atoms with van der Waals surface area (Å²) >= 11 is 1.76. The molecule has 3 heteroatoms. The highest BCUT2D eigenvalue weighted by molar-refractivity contribution is 7.98. The Morgan fingerprint density at radius 3 is 2.57 bits per heavy atom. The molecule has 1 N–H and O–H groups in total. The highest BCUT2D eigenvalue weighted by Gasteiger charge is 2.04. The Morgan fingerprint density at radius 1 is 1.14 bits per heavy atom. The number of hydrogen-bond acceptors (Lipinski definition) is 3. The van der Waals surface area contributed by atoms with Gasteiger partial charge in [-0.15, -0.1) is 11.8 Å². The summed E-state index contributed by atoms with van der Waals surface area (Å²) in [4.78, 5) is 1.23. The molecule has 0 bridgehead atoms. The maximum Gasteiger partial charge on any atom is 0.119 e. The second-order valence-electron chi connectivity index (χ2n) is 4.58. The molecule has 0 fully saturated rings. The zero-order valence-electron chi connectivity index (χ0n) is 12.2. The first-order valence-corrected chi connectivity index (χ1v) is 7.67. The van der Waals surface area contributed by atoms with Gasteiger partial charge in [0.15, 0.2) is 0 Å². The molecule has 0 heterocycles. The van der Waals surface area contributed by atoms with Gasteiger partial charge >= 0.3 is 0 Å². The summed E-state index contributed by atoms with van der Waals surface area (Å²) in [6.07, 6.45) is 0. The number of methoxy groups -OCH3 is 1. The van der Waals surface area contributed by atoms with Gasteiger partial charge in [-0.05, 0) is 42.8 Å². The van der Waals surface area contributed by atoms with Crippen LogP contribution in [0.5, 0.6) is 5.75 Å². The SMILES string of the molecule is COc1ccc(C#CCO)c(CSc2ccc(C)cc2)c1. The van der Waals surface area contributed by atoms with E-state index in [1.54, 1.807) is 18.9 Å². The molecule has 0 aromatic heterocycles. The van der Waals surface area contributed by atoms with E-state index in [0.717, 1.165) is 22.6 Å². The van der Waals surface area contributed by atoms with Crippen molar-refractivity contribution in [3.05, 3.63) is 59.2 Å². The lowest BCUT2D eigenvalue weighted by Crippen LogP contribution is -1.91. The van der Waals surface area contributed by atoms with Crippen molar-refractivity contribution in [2.75, 3.05) is 13.7 Å². The molecule has 0 aliphatic carbocycles. The van der Waals surface area contributed by atoms with Crippen LogP contribution in [0.25, 0.3) is 0 Å². The molecule has 2 nitrogen and oxygen atoms in total. The van der Waals surface area contributed by atoms with Crippen LogP contribution in [0.4, 0.5) is 0 Å². The van der Waals surface area contributed by atoms with Crippen molar-refractivity contribution in [1.29, 1.82) is 0 Å². The van der Waals surface area contributed by atoms with E-state index in [-0.39, 0.29) is 6.61 Å². The Bertz CT molecular complexity index is 651. The van der Waals surface area contributed by atoms with Crippen molar-refractivity contribution in [3.8, 4) is 17.6 Å². The Morgan fingerprint density at radius 2 is 1.90 bits per heavy atom. The van der Waals surface area contributed by atoms with Gasteiger partial charge in [0.2, 0.25) is 0 Å². The van der Waals surface area contributed by atoms with Gasteiger partial charge in [-0.2, -0.15) is 0 Å². The summed E-state index contributed by atoms with van der Waals surface area (Å²) in [5.74, 6) is 7.33. The Hall–Kier alpha value is -1.89. The lowest BCUT2D eigenvalue weighted by atomic mass is 10.1.